The molecule has 1 amide bonds. The van der Waals surface area contributed by atoms with Crippen molar-refractivity contribution in [3.05, 3.63) is 12.7 Å². The first kappa shape index (κ1) is 12.2. The molecule has 0 heterocycles. The molecule has 0 saturated carbocycles. The van der Waals surface area contributed by atoms with Crippen molar-refractivity contribution in [1.82, 2.24) is 5.32 Å². The molecule has 2 atom stereocenters. The summed E-state index contributed by atoms with van der Waals surface area (Å²) in [7, 11) is 0. The van der Waals surface area contributed by atoms with E-state index in [4.69, 9.17) is 0 Å². The SMILES string of the molecule is C=CC(=O)NC(C)C(C)C(C)(C)C. The molecule has 0 spiro atoms. The van der Waals surface area contributed by atoms with Crippen molar-refractivity contribution < 1.29 is 4.79 Å². The summed E-state index contributed by atoms with van der Waals surface area (Å²) in [5, 5.41) is 2.88. The molecule has 0 bridgehead atoms. The van der Waals surface area contributed by atoms with E-state index in [9.17, 15) is 4.79 Å². The van der Waals surface area contributed by atoms with E-state index in [1.54, 1.807) is 0 Å². The van der Waals surface area contributed by atoms with Gasteiger partial charge in [0, 0.05) is 6.04 Å². The summed E-state index contributed by atoms with van der Waals surface area (Å²) in [6.45, 7) is 14.1. The zero-order chi connectivity index (χ0) is 10.6. The topological polar surface area (TPSA) is 29.1 Å². The Balaban J connectivity index is 4.19. The summed E-state index contributed by atoms with van der Waals surface area (Å²) >= 11 is 0. The van der Waals surface area contributed by atoms with Crippen LogP contribution in [-0.2, 0) is 4.79 Å². The van der Waals surface area contributed by atoms with E-state index in [1.165, 1.54) is 6.08 Å². The fraction of sp³-hybridized carbons (Fsp3) is 0.727. The molecule has 0 aromatic carbocycles. The minimum atomic E-state index is -0.0939. The highest BCUT2D eigenvalue weighted by molar-refractivity contribution is 5.87. The van der Waals surface area contributed by atoms with Gasteiger partial charge in [0.1, 0.15) is 0 Å². The number of rotatable bonds is 3. The van der Waals surface area contributed by atoms with Crippen LogP contribution in [0, 0.1) is 11.3 Å². The summed E-state index contributed by atoms with van der Waals surface area (Å²) in [5.74, 6) is 0.347. The van der Waals surface area contributed by atoms with Gasteiger partial charge in [-0.1, -0.05) is 34.3 Å². The molecule has 0 fully saturated rings. The third-order valence-corrected chi connectivity index (χ3v) is 2.67. The Kier molecular flexibility index (Phi) is 4.18. The van der Waals surface area contributed by atoms with Crippen LogP contribution in [0.4, 0.5) is 0 Å². The van der Waals surface area contributed by atoms with Crippen LogP contribution in [-0.4, -0.2) is 11.9 Å². The Morgan fingerprint density at radius 3 is 2.15 bits per heavy atom. The fourth-order valence-corrected chi connectivity index (χ4v) is 1.16. The molecule has 13 heavy (non-hydrogen) atoms. The van der Waals surface area contributed by atoms with Gasteiger partial charge in [0.25, 0.3) is 0 Å². The monoisotopic (exact) mass is 183 g/mol. The van der Waals surface area contributed by atoms with Gasteiger partial charge in [-0.25, -0.2) is 0 Å². The first-order valence-electron chi connectivity index (χ1n) is 4.72. The average Bonchev–Trinajstić information content (AvgIpc) is 2.01. The summed E-state index contributed by atoms with van der Waals surface area (Å²) in [6.07, 6.45) is 1.31. The van der Waals surface area contributed by atoms with Crippen LogP contribution < -0.4 is 5.32 Å². The van der Waals surface area contributed by atoms with Crippen molar-refractivity contribution in [3.8, 4) is 0 Å². The molecule has 76 valence electrons. The molecule has 0 rings (SSSR count). The van der Waals surface area contributed by atoms with Crippen LogP contribution in [0.5, 0.6) is 0 Å². The Morgan fingerprint density at radius 1 is 1.38 bits per heavy atom. The largest absolute Gasteiger partial charge is 0.350 e. The predicted octanol–water partition coefficient (Wildman–Crippen LogP) is 2.36. The van der Waals surface area contributed by atoms with Crippen LogP contribution in [0.25, 0.3) is 0 Å². The molecule has 0 aliphatic carbocycles. The van der Waals surface area contributed by atoms with E-state index in [1.807, 2.05) is 6.92 Å². The van der Waals surface area contributed by atoms with Crippen LogP contribution in [0.1, 0.15) is 34.6 Å². The van der Waals surface area contributed by atoms with Gasteiger partial charge in [0.2, 0.25) is 5.91 Å². The van der Waals surface area contributed by atoms with Gasteiger partial charge in [0.15, 0.2) is 0 Å². The number of nitrogens with one attached hydrogen (secondary N) is 1. The first-order chi connectivity index (χ1) is 5.79. The van der Waals surface area contributed by atoms with Gasteiger partial charge in [-0.05, 0) is 24.3 Å². The molecule has 0 aliphatic rings. The lowest BCUT2D eigenvalue weighted by molar-refractivity contribution is -0.117. The van der Waals surface area contributed by atoms with Crippen molar-refractivity contribution in [3.63, 3.8) is 0 Å². The fourth-order valence-electron chi connectivity index (χ4n) is 1.16. The summed E-state index contributed by atoms with van der Waals surface area (Å²) in [5.41, 5.74) is 0.216. The summed E-state index contributed by atoms with van der Waals surface area (Å²) < 4.78 is 0. The molecule has 0 aliphatic heterocycles. The zero-order valence-corrected chi connectivity index (χ0v) is 9.35. The maximum absolute atomic E-state index is 11.0. The predicted molar refractivity (Wildman–Crippen MR) is 56.4 cm³/mol. The lowest BCUT2D eigenvalue weighted by atomic mass is 9.78. The lowest BCUT2D eigenvalue weighted by Crippen LogP contribution is -2.41. The number of carbonyl (C=O) groups excluding carboxylic acids is 1. The highest BCUT2D eigenvalue weighted by Crippen LogP contribution is 2.27. The summed E-state index contributed by atoms with van der Waals surface area (Å²) in [6, 6.07) is 0.186. The van der Waals surface area contributed by atoms with Crippen LogP contribution in [0.3, 0.4) is 0 Å². The maximum Gasteiger partial charge on any atom is 0.243 e. The van der Waals surface area contributed by atoms with Crippen molar-refractivity contribution in [1.29, 1.82) is 0 Å². The van der Waals surface area contributed by atoms with Gasteiger partial charge in [-0.15, -0.1) is 0 Å². The van der Waals surface area contributed by atoms with Gasteiger partial charge >= 0.3 is 0 Å². The van der Waals surface area contributed by atoms with Gasteiger partial charge in [-0.3, -0.25) is 4.79 Å². The molecule has 2 heteroatoms. The number of carbonyl (C=O) groups is 1. The van der Waals surface area contributed by atoms with Gasteiger partial charge in [0.05, 0.1) is 0 Å². The minimum absolute atomic E-state index is 0.0939. The van der Waals surface area contributed by atoms with E-state index in [0.29, 0.717) is 5.92 Å². The lowest BCUT2D eigenvalue weighted by Gasteiger charge is -2.32. The smallest absolute Gasteiger partial charge is 0.243 e. The first-order valence-corrected chi connectivity index (χ1v) is 4.72. The molecular formula is C11H21NO. The normalized spacial score (nSPS) is 16.1. The number of amides is 1. The number of hydrogen-bond donors (Lipinski definition) is 1. The molecule has 2 nitrogen and oxygen atoms in total. The van der Waals surface area contributed by atoms with Crippen LogP contribution in [0.2, 0.25) is 0 Å². The van der Waals surface area contributed by atoms with Gasteiger partial charge in [-0.2, -0.15) is 0 Å². The average molecular weight is 183 g/mol. The van der Waals surface area contributed by atoms with Crippen LogP contribution >= 0.6 is 0 Å². The van der Waals surface area contributed by atoms with Crippen molar-refractivity contribution in [2.75, 3.05) is 0 Å². The highest BCUT2D eigenvalue weighted by Gasteiger charge is 2.25. The third-order valence-electron chi connectivity index (χ3n) is 2.67. The Hall–Kier alpha value is -0.790. The second-order valence-electron chi connectivity index (χ2n) is 4.66. The summed E-state index contributed by atoms with van der Waals surface area (Å²) in [4.78, 5) is 11.0. The highest BCUT2D eigenvalue weighted by atomic mass is 16.1. The zero-order valence-electron chi connectivity index (χ0n) is 9.35. The molecular weight excluding hydrogens is 162 g/mol. The molecule has 2 unspecified atom stereocenters. The van der Waals surface area contributed by atoms with E-state index in [-0.39, 0.29) is 17.4 Å². The standard InChI is InChI=1S/C11H21NO/c1-7-10(13)12-9(3)8(2)11(4,5)6/h7-9H,1H2,2-6H3,(H,12,13). The Morgan fingerprint density at radius 2 is 1.85 bits per heavy atom. The van der Waals surface area contributed by atoms with Crippen molar-refractivity contribution in [2.24, 2.45) is 11.3 Å². The van der Waals surface area contributed by atoms with E-state index in [2.05, 4.69) is 39.6 Å². The van der Waals surface area contributed by atoms with E-state index in [0.717, 1.165) is 0 Å². The number of hydrogen-bond acceptors (Lipinski definition) is 1. The van der Waals surface area contributed by atoms with E-state index < -0.39 is 0 Å². The Bertz CT molecular complexity index is 191. The quantitative estimate of drug-likeness (QED) is 0.669. The van der Waals surface area contributed by atoms with Gasteiger partial charge < -0.3 is 5.32 Å². The second-order valence-corrected chi connectivity index (χ2v) is 4.66. The Labute approximate surface area is 81.4 Å². The molecule has 0 saturated heterocycles. The molecule has 0 aromatic heterocycles. The van der Waals surface area contributed by atoms with Crippen molar-refractivity contribution in [2.45, 2.75) is 40.7 Å². The van der Waals surface area contributed by atoms with Crippen molar-refractivity contribution >= 4 is 5.91 Å². The second kappa shape index (κ2) is 4.45. The van der Waals surface area contributed by atoms with E-state index >= 15 is 0 Å². The molecule has 0 aromatic rings. The van der Waals surface area contributed by atoms with Crippen LogP contribution in [0.15, 0.2) is 12.7 Å². The third kappa shape index (κ3) is 4.11. The molecule has 0 radical (unpaired) electrons. The molecule has 1 N–H and O–H groups in total. The maximum atomic E-state index is 11.0. The minimum Gasteiger partial charge on any atom is -0.350 e.